The largest absolute Gasteiger partial charge is 0.394 e. The number of thiazole rings is 1. The van der Waals surface area contributed by atoms with Gasteiger partial charge in [-0.2, -0.15) is 0 Å². The molecule has 0 aliphatic heterocycles. The first-order valence-corrected chi connectivity index (χ1v) is 5.66. The van der Waals surface area contributed by atoms with Crippen molar-refractivity contribution in [2.24, 2.45) is 5.73 Å². The minimum absolute atomic E-state index is 0.0124. The highest BCUT2D eigenvalue weighted by Crippen LogP contribution is 2.21. The van der Waals surface area contributed by atoms with Crippen molar-refractivity contribution in [1.82, 2.24) is 4.98 Å². The molecule has 1 heterocycles. The average molecular weight is 214 g/mol. The molecule has 0 amide bonds. The van der Waals surface area contributed by atoms with Gasteiger partial charge in [0.05, 0.1) is 17.3 Å². The molecule has 3 N–H and O–H groups in total. The Bertz CT molecular complexity index is 294. The maximum absolute atomic E-state index is 9.02. The molecule has 0 aliphatic carbocycles. The van der Waals surface area contributed by atoms with Crippen molar-refractivity contribution in [2.75, 3.05) is 6.61 Å². The molecule has 3 nitrogen and oxygen atoms in total. The van der Waals surface area contributed by atoms with Gasteiger partial charge in [0.25, 0.3) is 0 Å². The summed E-state index contributed by atoms with van der Waals surface area (Å²) in [4.78, 5) is 4.47. The lowest BCUT2D eigenvalue weighted by Crippen LogP contribution is -2.42. The quantitative estimate of drug-likeness (QED) is 0.799. The number of rotatable bonds is 4. The standard InChI is InChI=1S/C10H18N2OS/c1-7(2)9-12-8(5-14-9)4-10(3,11)6-13/h5,7,13H,4,6,11H2,1-3H3. The highest BCUT2D eigenvalue weighted by atomic mass is 32.1. The van der Waals surface area contributed by atoms with E-state index in [0.29, 0.717) is 12.3 Å². The molecule has 1 rings (SSSR count). The van der Waals surface area contributed by atoms with E-state index in [1.807, 2.05) is 12.3 Å². The summed E-state index contributed by atoms with van der Waals surface area (Å²) >= 11 is 1.66. The predicted molar refractivity (Wildman–Crippen MR) is 59.6 cm³/mol. The van der Waals surface area contributed by atoms with E-state index in [-0.39, 0.29) is 6.61 Å². The topological polar surface area (TPSA) is 59.1 Å². The van der Waals surface area contributed by atoms with Crippen molar-refractivity contribution in [3.63, 3.8) is 0 Å². The zero-order valence-electron chi connectivity index (χ0n) is 8.95. The second-order valence-corrected chi connectivity index (χ2v) is 5.21. The summed E-state index contributed by atoms with van der Waals surface area (Å²) in [7, 11) is 0. The molecule has 0 radical (unpaired) electrons. The Morgan fingerprint density at radius 3 is 2.71 bits per heavy atom. The molecule has 14 heavy (non-hydrogen) atoms. The third kappa shape index (κ3) is 3.04. The number of hydrogen-bond acceptors (Lipinski definition) is 4. The van der Waals surface area contributed by atoms with E-state index in [2.05, 4.69) is 18.8 Å². The fourth-order valence-corrected chi connectivity index (χ4v) is 1.97. The van der Waals surface area contributed by atoms with Crippen LogP contribution in [0.1, 0.15) is 37.4 Å². The van der Waals surface area contributed by atoms with E-state index in [1.54, 1.807) is 11.3 Å². The molecule has 0 aromatic carbocycles. The van der Waals surface area contributed by atoms with Gasteiger partial charge in [0, 0.05) is 23.3 Å². The first-order chi connectivity index (χ1) is 6.44. The van der Waals surface area contributed by atoms with Gasteiger partial charge in [0.2, 0.25) is 0 Å². The summed E-state index contributed by atoms with van der Waals surface area (Å²) < 4.78 is 0. The van der Waals surface area contributed by atoms with E-state index in [9.17, 15) is 0 Å². The highest BCUT2D eigenvalue weighted by molar-refractivity contribution is 7.09. The van der Waals surface area contributed by atoms with Gasteiger partial charge in [-0.25, -0.2) is 4.98 Å². The Labute approximate surface area is 89.0 Å². The first-order valence-electron chi connectivity index (χ1n) is 4.78. The average Bonchev–Trinajstić information content (AvgIpc) is 2.52. The fraction of sp³-hybridized carbons (Fsp3) is 0.700. The van der Waals surface area contributed by atoms with Crippen LogP contribution in [0.15, 0.2) is 5.38 Å². The van der Waals surface area contributed by atoms with E-state index >= 15 is 0 Å². The highest BCUT2D eigenvalue weighted by Gasteiger charge is 2.19. The van der Waals surface area contributed by atoms with Gasteiger partial charge in [-0.05, 0) is 6.92 Å². The summed E-state index contributed by atoms with van der Waals surface area (Å²) in [6.07, 6.45) is 0.632. The minimum atomic E-state index is -0.553. The Balaban J connectivity index is 2.69. The third-order valence-corrected chi connectivity index (χ3v) is 3.20. The lowest BCUT2D eigenvalue weighted by atomic mass is 9.99. The van der Waals surface area contributed by atoms with Crippen LogP contribution >= 0.6 is 11.3 Å². The first kappa shape index (κ1) is 11.6. The van der Waals surface area contributed by atoms with E-state index in [4.69, 9.17) is 10.8 Å². The van der Waals surface area contributed by atoms with Crippen molar-refractivity contribution in [2.45, 2.75) is 38.6 Å². The van der Waals surface area contributed by atoms with Crippen LogP contribution in [0, 0.1) is 0 Å². The van der Waals surface area contributed by atoms with E-state index in [0.717, 1.165) is 10.7 Å². The zero-order valence-corrected chi connectivity index (χ0v) is 9.77. The fourth-order valence-electron chi connectivity index (χ4n) is 1.14. The molecule has 0 saturated carbocycles. The summed E-state index contributed by atoms with van der Waals surface area (Å²) in [6.45, 7) is 6.07. The number of nitrogens with two attached hydrogens (primary N) is 1. The van der Waals surface area contributed by atoms with Gasteiger partial charge in [-0.3, -0.25) is 0 Å². The Hall–Kier alpha value is -0.450. The molecule has 80 valence electrons. The van der Waals surface area contributed by atoms with Crippen molar-refractivity contribution >= 4 is 11.3 Å². The summed E-state index contributed by atoms with van der Waals surface area (Å²) in [5, 5.41) is 12.2. The van der Waals surface area contributed by atoms with Crippen LogP contribution in [-0.4, -0.2) is 22.2 Å². The Kier molecular flexibility index (Phi) is 3.64. The van der Waals surface area contributed by atoms with Gasteiger partial charge in [0.1, 0.15) is 0 Å². The smallest absolute Gasteiger partial charge is 0.0953 e. The lowest BCUT2D eigenvalue weighted by Gasteiger charge is -2.19. The number of hydrogen-bond donors (Lipinski definition) is 2. The minimum Gasteiger partial charge on any atom is -0.394 e. The summed E-state index contributed by atoms with van der Waals surface area (Å²) in [5.41, 5.74) is 6.28. The Morgan fingerprint density at radius 1 is 1.64 bits per heavy atom. The molecule has 1 atom stereocenters. The van der Waals surface area contributed by atoms with Gasteiger partial charge in [-0.1, -0.05) is 13.8 Å². The second-order valence-electron chi connectivity index (χ2n) is 4.32. The zero-order chi connectivity index (χ0) is 10.8. The SMILES string of the molecule is CC(C)c1nc(CC(C)(N)CO)cs1. The molecule has 0 spiro atoms. The molecule has 4 heteroatoms. The number of aromatic nitrogens is 1. The molecule has 1 unspecified atom stereocenters. The molecule has 0 saturated heterocycles. The van der Waals surface area contributed by atoms with Crippen molar-refractivity contribution in [3.05, 3.63) is 16.1 Å². The molecule has 0 bridgehead atoms. The monoisotopic (exact) mass is 214 g/mol. The van der Waals surface area contributed by atoms with Crippen LogP contribution in [-0.2, 0) is 6.42 Å². The van der Waals surface area contributed by atoms with E-state index in [1.165, 1.54) is 0 Å². The van der Waals surface area contributed by atoms with Crippen LogP contribution in [0.4, 0.5) is 0 Å². The van der Waals surface area contributed by atoms with Crippen molar-refractivity contribution in [3.8, 4) is 0 Å². The molecular formula is C10H18N2OS. The molecule has 1 aromatic heterocycles. The van der Waals surface area contributed by atoms with Crippen LogP contribution < -0.4 is 5.73 Å². The second kappa shape index (κ2) is 4.38. The van der Waals surface area contributed by atoms with Gasteiger partial charge in [0.15, 0.2) is 0 Å². The maximum Gasteiger partial charge on any atom is 0.0953 e. The molecular weight excluding hydrogens is 196 g/mol. The number of aliphatic hydroxyl groups excluding tert-OH is 1. The summed E-state index contributed by atoms with van der Waals surface area (Å²) in [5.74, 6) is 0.465. The van der Waals surface area contributed by atoms with Gasteiger partial charge >= 0.3 is 0 Å². The molecule has 1 aromatic rings. The van der Waals surface area contributed by atoms with Crippen molar-refractivity contribution < 1.29 is 5.11 Å². The van der Waals surface area contributed by atoms with Gasteiger partial charge in [-0.15, -0.1) is 11.3 Å². The van der Waals surface area contributed by atoms with Crippen molar-refractivity contribution in [1.29, 1.82) is 0 Å². The number of aliphatic hydroxyl groups is 1. The van der Waals surface area contributed by atoms with Crippen LogP contribution in [0.5, 0.6) is 0 Å². The van der Waals surface area contributed by atoms with Crippen LogP contribution in [0.3, 0.4) is 0 Å². The third-order valence-electron chi connectivity index (χ3n) is 2.01. The lowest BCUT2D eigenvalue weighted by molar-refractivity contribution is 0.207. The predicted octanol–water partition coefficient (Wildman–Crippen LogP) is 1.52. The van der Waals surface area contributed by atoms with Gasteiger partial charge < -0.3 is 10.8 Å². The molecule has 0 fully saturated rings. The normalized spacial score (nSPS) is 15.9. The summed E-state index contributed by atoms with van der Waals surface area (Å²) in [6, 6.07) is 0. The maximum atomic E-state index is 9.02. The Morgan fingerprint density at radius 2 is 2.29 bits per heavy atom. The van der Waals surface area contributed by atoms with E-state index < -0.39 is 5.54 Å². The van der Waals surface area contributed by atoms with Crippen LogP contribution in [0.25, 0.3) is 0 Å². The van der Waals surface area contributed by atoms with Crippen LogP contribution in [0.2, 0.25) is 0 Å². The molecule has 0 aliphatic rings. The number of nitrogens with zero attached hydrogens (tertiary/aromatic N) is 1.